The number of nitrogens with zero attached hydrogens (tertiary/aromatic N) is 2. The van der Waals surface area contributed by atoms with Gasteiger partial charge >= 0.3 is 5.97 Å². The van der Waals surface area contributed by atoms with Crippen LogP contribution in [0, 0.1) is 0 Å². The summed E-state index contributed by atoms with van der Waals surface area (Å²) in [5, 5.41) is 2.70. The first kappa shape index (κ1) is 15.4. The molecule has 7 heteroatoms. The van der Waals surface area contributed by atoms with E-state index in [1.807, 2.05) is 0 Å². The van der Waals surface area contributed by atoms with Gasteiger partial charge in [0.05, 0.1) is 22.7 Å². The number of carbonyl (C=O) groups excluding carboxylic acids is 2. The van der Waals surface area contributed by atoms with Gasteiger partial charge in [0.25, 0.3) is 5.91 Å². The van der Waals surface area contributed by atoms with E-state index < -0.39 is 5.97 Å². The normalized spacial score (nSPS) is 17.1. The van der Waals surface area contributed by atoms with E-state index in [4.69, 9.17) is 9.47 Å². The number of rotatable bonds is 5. The lowest BCUT2D eigenvalue weighted by Gasteiger charge is -2.11. The molecule has 1 atom stereocenters. The second-order valence-electron chi connectivity index (χ2n) is 5.28. The van der Waals surface area contributed by atoms with E-state index in [9.17, 15) is 9.59 Å². The molecule has 1 amide bonds. The quantitative estimate of drug-likeness (QED) is 0.830. The molecule has 0 aliphatic carbocycles. The first-order chi connectivity index (χ1) is 11.2. The SMILES string of the molecule is O=C(COC(=O)c1ccc2nccnc2c1)NC[C@@H]1CCCO1. The minimum absolute atomic E-state index is 0.0636. The predicted octanol–water partition coefficient (Wildman–Crippen LogP) is 1.08. The molecule has 1 N–H and O–H groups in total. The highest BCUT2D eigenvalue weighted by Crippen LogP contribution is 2.12. The van der Waals surface area contributed by atoms with Crippen LogP contribution in [-0.4, -0.2) is 47.7 Å². The Kier molecular flexibility index (Phi) is 4.77. The molecule has 1 aliphatic rings. The Labute approximate surface area is 133 Å². The molecular weight excluding hydrogens is 298 g/mol. The van der Waals surface area contributed by atoms with Crippen molar-refractivity contribution >= 4 is 22.9 Å². The van der Waals surface area contributed by atoms with Crippen LogP contribution in [-0.2, 0) is 14.3 Å². The fraction of sp³-hybridized carbons (Fsp3) is 0.375. The maximum Gasteiger partial charge on any atom is 0.338 e. The highest BCUT2D eigenvalue weighted by atomic mass is 16.5. The van der Waals surface area contributed by atoms with Gasteiger partial charge in [0.1, 0.15) is 0 Å². The number of amides is 1. The molecule has 120 valence electrons. The maximum atomic E-state index is 12.0. The molecule has 1 aromatic carbocycles. The molecule has 23 heavy (non-hydrogen) atoms. The summed E-state index contributed by atoms with van der Waals surface area (Å²) in [7, 11) is 0. The Morgan fingerprint density at radius 2 is 2.09 bits per heavy atom. The third kappa shape index (κ3) is 4.01. The van der Waals surface area contributed by atoms with Crippen LogP contribution in [0.2, 0.25) is 0 Å². The zero-order valence-electron chi connectivity index (χ0n) is 12.5. The van der Waals surface area contributed by atoms with Crippen LogP contribution in [0.1, 0.15) is 23.2 Å². The van der Waals surface area contributed by atoms with Gasteiger partial charge in [-0.3, -0.25) is 14.8 Å². The van der Waals surface area contributed by atoms with Crippen LogP contribution in [0.3, 0.4) is 0 Å². The van der Waals surface area contributed by atoms with Gasteiger partial charge in [0.2, 0.25) is 0 Å². The second-order valence-corrected chi connectivity index (χ2v) is 5.28. The largest absolute Gasteiger partial charge is 0.452 e. The number of aromatic nitrogens is 2. The van der Waals surface area contributed by atoms with Crippen molar-refractivity contribution in [3.8, 4) is 0 Å². The summed E-state index contributed by atoms with van der Waals surface area (Å²) < 4.78 is 10.4. The summed E-state index contributed by atoms with van der Waals surface area (Å²) in [6, 6.07) is 4.88. The number of benzene rings is 1. The van der Waals surface area contributed by atoms with Gasteiger partial charge in [0, 0.05) is 25.5 Å². The Morgan fingerprint density at radius 1 is 1.26 bits per heavy atom. The molecule has 1 aromatic heterocycles. The Bertz CT molecular complexity index is 713. The minimum atomic E-state index is -0.565. The first-order valence-corrected chi connectivity index (χ1v) is 7.48. The lowest BCUT2D eigenvalue weighted by atomic mass is 10.2. The number of hydrogen-bond acceptors (Lipinski definition) is 6. The van der Waals surface area contributed by atoms with Gasteiger partial charge in [0.15, 0.2) is 6.61 Å². The van der Waals surface area contributed by atoms with Crippen LogP contribution < -0.4 is 5.32 Å². The van der Waals surface area contributed by atoms with Gasteiger partial charge in [-0.25, -0.2) is 4.79 Å². The van der Waals surface area contributed by atoms with Gasteiger partial charge < -0.3 is 14.8 Å². The standard InChI is InChI=1S/C16H17N3O4/c20-15(19-9-12-2-1-7-22-12)10-23-16(21)11-3-4-13-14(8-11)18-6-5-17-13/h3-6,8,12H,1-2,7,9-10H2,(H,19,20)/t12-/m0/s1. The smallest absolute Gasteiger partial charge is 0.338 e. The number of esters is 1. The molecule has 1 saturated heterocycles. The Hall–Kier alpha value is -2.54. The van der Waals surface area contributed by atoms with Crippen molar-refractivity contribution < 1.29 is 19.1 Å². The summed E-state index contributed by atoms with van der Waals surface area (Å²) in [5.41, 5.74) is 1.63. The summed E-state index contributed by atoms with van der Waals surface area (Å²) >= 11 is 0. The molecule has 7 nitrogen and oxygen atoms in total. The minimum Gasteiger partial charge on any atom is -0.452 e. The van der Waals surface area contributed by atoms with E-state index in [1.54, 1.807) is 30.6 Å². The van der Waals surface area contributed by atoms with E-state index in [1.165, 1.54) is 0 Å². The summed E-state index contributed by atoms with van der Waals surface area (Å²) in [6.07, 6.45) is 5.15. The summed E-state index contributed by atoms with van der Waals surface area (Å²) in [5.74, 6) is -0.903. The van der Waals surface area contributed by atoms with E-state index in [-0.39, 0.29) is 18.6 Å². The van der Waals surface area contributed by atoms with Gasteiger partial charge in [-0.2, -0.15) is 0 Å². The Balaban J connectivity index is 1.50. The topological polar surface area (TPSA) is 90.4 Å². The lowest BCUT2D eigenvalue weighted by molar-refractivity contribution is -0.124. The van der Waals surface area contributed by atoms with Crippen molar-refractivity contribution in [1.29, 1.82) is 0 Å². The molecule has 0 unspecified atom stereocenters. The molecular formula is C16H17N3O4. The van der Waals surface area contributed by atoms with Crippen molar-refractivity contribution in [2.24, 2.45) is 0 Å². The molecule has 0 spiro atoms. The monoisotopic (exact) mass is 315 g/mol. The zero-order chi connectivity index (χ0) is 16.1. The second kappa shape index (κ2) is 7.15. The highest BCUT2D eigenvalue weighted by molar-refractivity contribution is 5.94. The number of ether oxygens (including phenoxy) is 2. The maximum absolute atomic E-state index is 12.0. The van der Waals surface area contributed by atoms with E-state index in [0.717, 1.165) is 19.4 Å². The van der Waals surface area contributed by atoms with Crippen LogP contribution >= 0.6 is 0 Å². The van der Waals surface area contributed by atoms with Crippen molar-refractivity contribution in [1.82, 2.24) is 15.3 Å². The number of hydrogen-bond donors (Lipinski definition) is 1. The van der Waals surface area contributed by atoms with Crippen LogP contribution in [0.15, 0.2) is 30.6 Å². The molecule has 0 bridgehead atoms. The van der Waals surface area contributed by atoms with E-state index in [0.29, 0.717) is 23.1 Å². The number of nitrogens with one attached hydrogen (secondary N) is 1. The van der Waals surface area contributed by atoms with Crippen molar-refractivity contribution in [3.63, 3.8) is 0 Å². The molecule has 1 aliphatic heterocycles. The predicted molar refractivity (Wildman–Crippen MR) is 81.8 cm³/mol. The molecule has 2 heterocycles. The fourth-order valence-electron chi connectivity index (χ4n) is 2.39. The molecule has 0 saturated carbocycles. The molecule has 2 aromatic rings. The number of carbonyl (C=O) groups is 2. The third-order valence-corrected chi connectivity index (χ3v) is 3.59. The Morgan fingerprint density at radius 3 is 2.87 bits per heavy atom. The van der Waals surface area contributed by atoms with Gasteiger partial charge in [-0.1, -0.05) is 0 Å². The molecule has 0 radical (unpaired) electrons. The average molecular weight is 315 g/mol. The van der Waals surface area contributed by atoms with Crippen LogP contribution in [0.25, 0.3) is 11.0 Å². The fourth-order valence-corrected chi connectivity index (χ4v) is 2.39. The molecule has 1 fully saturated rings. The lowest BCUT2D eigenvalue weighted by Crippen LogP contribution is -2.34. The zero-order valence-corrected chi connectivity index (χ0v) is 12.5. The van der Waals surface area contributed by atoms with E-state index >= 15 is 0 Å². The van der Waals surface area contributed by atoms with Crippen molar-refractivity contribution in [3.05, 3.63) is 36.2 Å². The van der Waals surface area contributed by atoms with Crippen LogP contribution in [0.5, 0.6) is 0 Å². The van der Waals surface area contributed by atoms with Crippen molar-refractivity contribution in [2.75, 3.05) is 19.8 Å². The van der Waals surface area contributed by atoms with Gasteiger partial charge in [-0.05, 0) is 31.0 Å². The first-order valence-electron chi connectivity index (χ1n) is 7.48. The third-order valence-electron chi connectivity index (χ3n) is 3.59. The average Bonchev–Trinajstić information content (AvgIpc) is 3.11. The van der Waals surface area contributed by atoms with Crippen molar-refractivity contribution in [2.45, 2.75) is 18.9 Å². The molecule has 3 rings (SSSR count). The van der Waals surface area contributed by atoms with Crippen LogP contribution in [0.4, 0.5) is 0 Å². The number of fused-ring (bicyclic) bond motifs is 1. The highest BCUT2D eigenvalue weighted by Gasteiger charge is 2.17. The van der Waals surface area contributed by atoms with Gasteiger partial charge in [-0.15, -0.1) is 0 Å². The summed E-state index contributed by atoms with van der Waals surface area (Å²) in [4.78, 5) is 31.9. The summed E-state index contributed by atoms with van der Waals surface area (Å²) in [6.45, 7) is 0.867. The van der Waals surface area contributed by atoms with E-state index in [2.05, 4.69) is 15.3 Å².